The molecule has 1 fully saturated rings. The van der Waals surface area contributed by atoms with Gasteiger partial charge in [0.05, 0.1) is 18.3 Å². The monoisotopic (exact) mass is 263 g/mol. The van der Waals surface area contributed by atoms with Gasteiger partial charge in [-0.2, -0.15) is 0 Å². The van der Waals surface area contributed by atoms with Crippen LogP contribution in [0, 0.1) is 6.92 Å². The SMILES string of the molecule is Cc1cc(N2CC(CO)OC(C)(C)C2)ccc1C=O. The van der Waals surface area contributed by atoms with Crippen molar-refractivity contribution in [2.45, 2.75) is 32.5 Å². The van der Waals surface area contributed by atoms with E-state index in [9.17, 15) is 9.90 Å². The lowest BCUT2D eigenvalue weighted by Gasteiger charge is -2.43. The number of morpholine rings is 1. The van der Waals surface area contributed by atoms with Gasteiger partial charge in [-0.3, -0.25) is 4.79 Å². The minimum Gasteiger partial charge on any atom is -0.394 e. The van der Waals surface area contributed by atoms with Crippen LogP contribution in [0.5, 0.6) is 0 Å². The van der Waals surface area contributed by atoms with Crippen molar-refractivity contribution >= 4 is 12.0 Å². The number of carbonyl (C=O) groups excluding carboxylic acids is 1. The molecule has 2 rings (SSSR count). The molecule has 0 aromatic heterocycles. The number of ether oxygens (including phenoxy) is 1. The Balaban J connectivity index is 2.25. The average Bonchev–Trinajstić information content (AvgIpc) is 2.36. The van der Waals surface area contributed by atoms with Gasteiger partial charge in [-0.1, -0.05) is 0 Å². The fraction of sp³-hybridized carbons (Fsp3) is 0.533. The van der Waals surface area contributed by atoms with Gasteiger partial charge in [0.25, 0.3) is 0 Å². The number of nitrogens with zero attached hydrogens (tertiary/aromatic N) is 1. The molecule has 1 N–H and O–H groups in total. The van der Waals surface area contributed by atoms with Gasteiger partial charge in [0, 0.05) is 24.3 Å². The molecule has 1 aromatic rings. The van der Waals surface area contributed by atoms with Crippen molar-refractivity contribution < 1.29 is 14.6 Å². The Morgan fingerprint density at radius 3 is 2.84 bits per heavy atom. The van der Waals surface area contributed by atoms with Crippen molar-refractivity contribution in [1.29, 1.82) is 0 Å². The Kier molecular flexibility index (Phi) is 3.92. The van der Waals surface area contributed by atoms with Gasteiger partial charge in [0.1, 0.15) is 6.29 Å². The number of benzene rings is 1. The first-order valence-corrected chi connectivity index (χ1v) is 6.54. The van der Waals surface area contributed by atoms with Gasteiger partial charge in [0.15, 0.2) is 0 Å². The Bertz CT molecular complexity index is 470. The smallest absolute Gasteiger partial charge is 0.150 e. The van der Waals surface area contributed by atoms with E-state index >= 15 is 0 Å². The van der Waals surface area contributed by atoms with E-state index in [2.05, 4.69) is 4.90 Å². The van der Waals surface area contributed by atoms with Gasteiger partial charge >= 0.3 is 0 Å². The van der Waals surface area contributed by atoms with E-state index in [1.807, 2.05) is 39.0 Å². The van der Waals surface area contributed by atoms with Crippen LogP contribution in [0.25, 0.3) is 0 Å². The molecule has 1 aliphatic heterocycles. The molecule has 1 unspecified atom stereocenters. The van der Waals surface area contributed by atoms with E-state index in [0.717, 1.165) is 29.6 Å². The number of carbonyl (C=O) groups is 1. The molecule has 4 nitrogen and oxygen atoms in total. The van der Waals surface area contributed by atoms with Crippen LogP contribution < -0.4 is 4.90 Å². The van der Waals surface area contributed by atoms with Crippen molar-refractivity contribution in [3.8, 4) is 0 Å². The number of aryl methyl sites for hydroxylation is 1. The molecule has 104 valence electrons. The molecular formula is C15H21NO3. The maximum atomic E-state index is 10.8. The highest BCUT2D eigenvalue weighted by atomic mass is 16.5. The van der Waals surface area contributed by atoms with E-state index in [-0.39, 0.29) is 18.3 Å². The van der Waals surface area contributed by atoms with Crippen LogP contribution in [0.1, 0.15) is 29.8 Å². The third-order valence-corrected chi connectivity index (χ3v) is 3.43. The van der Waals surface area contributed by atoms with Crippen LogP contribution in [0.4, 0.5) is 5.69 Å². The van der Waals surface area contributed by atoms with Crippen LogP contribution in [0.3, 0.4) is 0 Å². The summed E-state index contributed by atoms with van der Waals surface area (Å²) < 4.78 is 5.80. The second-order valence-corrected chi connectivity index (χ2v) is 5.72. The number of aliphatic hydroxyl groups is 1. The third kappa shape index (κ3) is 3.14. The van der Waals surface area contributed by atoms with Crippen LogP contribution in [-0.2, 0) is 4.74 Å². The highest BCUT2D eigenvalue weighted by Crippen LogP contribution is 2.27. The minimum atomic E-state index is -0.289. The summed E-state index contributed by atoms with van der Waals surface area (Å²) in [7, 11) is 0. The predicted molar refractivity (Wildman–Crippen MR) is 74.8 cm³/mol. The first-order chi connectivity index (χ1) is 8.95. The maximum absolute atomic E-state index is 10.8. The van der Waals surface area contributed by atoms with E-state index < -0.39 is 0 Å². The van der Waals surface area contributed by atoms with Crippen LogP contribution in [-0.4, -0.2) is 42.8 Å². The fourth-order valence-electron chi connectivity index (χ4n) is 2.58. The Labute approximate surface area is 114 Å². The van der Waals surface area contributed by atoms with Gasteiger partial charge in [-0.15, -0.1) is 0 Å². The number of aliphatic hydroxyl groups excluding tert-OH is 1. The molecule has 0 aliphatic carbocycles. The molecule has 0 radical (unpaired) electrons. The largest absolute Gasteiger partial charge is 0.394 e. The molecule has 0 bridgehead atoms. The van der Waals surface area contributed by atoms with Crippen molar-refractivity contribution in [3.05, 3.63) is 29.3 Å². The zero-order chi connectivity index (χ0) is 14.0. The summed E-state index contributed by atoms with van der Waals surface area (Å²) in [6.45, 7) is 7.43. The van der Waals surface area contributed by atoms with Gasteiger partial charge in [0.2, 0.25) is 0 Å². The van der Waals surface area contributed by atoms with E-state index in [0.29, 0.717) is 6.54 Å². The Hall–Kier alpha value is -1.39. The summed E-state index contributed by atoms with van der Waals surface area (Å²) >= 11 is 0. The first-order valence-electron chi connectivity index (χ1n) is 6.54. The quantitative estimate of drug-likeness (QED) is 0.845. The van der Waals surface area contributed by atoms with Crippen LogP contribution >= 0.6 is 0 Å². The second-order valence-electron chi connectivity index (χ2n) is 5.72. The Morgan fingerprint density at radius 1 is 1.53 bits per heavy atom. The summed E-state index contributed by atoms with van der Waals surface area (Å²) in [4.78, 5) is 13.1. The summed E-state index contributed by atoms with van der Waals surface area (Å²) in [5, 5.41) is 9.33. The highest BCUT2D eigenvalue weighted by Gasteiger charge is 2.33. The number of hydrogen-bond donors (Lipinski definition) is 1. The van der Waals surface area contributed by atoms with E-state index in [4.69, 9.17) is 4.74 Å². The summed E-state index contributed by atoms with van der Waals surface area (Å²) in [5.41, 5.74) is 2.47. The molecule has 0 spiro atoms. The number of hydrogen-bond acceptors (Lipinski definition) is 4. The zero-order valence-corrected chi connectivity index (χ0v) is 11.7. The summed E-state index contributed by atoms with van der Waals surface area (Å²) in [5.74, 6) is 0. The van der Waals surface area contributed by atoms with Crippen LogP contribution in [0.2, 0.25) is 0 Å². The highest BCUT2D eigenvalue weighted by molar-refractivity contribution is 5.78. The number of anilines is 1. The normalized spacial score (nSPS) is 22.3. The molecule has 1 saturated heterocycles. The van der Waals surface area contributed by atoms with Crippen LogP contribution in [0.15, 0.2) is 18.2 Å². The minimum absolute atomic E-state index is 0.0192. The molecule has 4 heteroatoms. The lowest BCUT2D eigenvalue weighted by Crippen LogP contribution is -2.54. The van der Waals surface area contributed by atoms with Crippen molar-refractivity contribution in [2.75, 3.05) is 24.6 Å². The molecule has 19 heavy (non-hydrogen) atoms. The Morgan fingerprint density at radius 2 is 2.26 bits per heavy atom. The molecule has 0 amide bonds. The molecule has 1 heterocycles. The maximum Gasteiger partial charge on any atom is 0.150 e. The summed E-state index contributed by atoms with van der Waals surface area (Å²) in [6, 6.07) is 5.81. The topological polar surface area (TPSA) is 49.8 Å². The number of aldehydes is 1. The van der Waals surface area contributed by atoms with E-state index in [1.165, 1.54) is 0 Å². The fourth-order valence-corrected chi connectivity index (χ4v) is 2.58. The average molecular weight is 263 g/mol. The summed E-state index contributed by atoms with van der Waals surface area (Å²) in [6.07, 6.45) is 0.702. The molecule has 1 aromatic carbocycles. The molecule has 1 aliphatic rings. The lowest BCUT2D eigenvalue weighted by atomic mass is 10.0. The molecular weight excluding hydrogens is 242 g/mol. The molecule has 0 saturated carbocycles. The van der Waals surface area contributed by atoms with Gasteiger partial charge < -0.3 is 14.7 Å². The third-order valence-electron chi connectivity index (χ3n) is 3.43. The standard InChI is InChI=1S/C15H21NO3/c1-11-6-13(5-4-12(11)8-17)16-7-14(9-18)19-15(2,3)10-16/h4-6,8,14,18H,7,9-10H2,1-3H3. The van der Waals surface area contributed by atoms with Gasteiger partial charge in [-0.25, -0.2) is 0 Å². The van der Waals surface area contributed by atoms with Gasteiger partial charge in [-0.05, 0) is 44.5 Å². The van der Waals surface area contributed by atoms with Crippen molar-refractivity contribution in [1.82, 2.24) is 0 Å². The van der Waals surface area contributed by atoms with Crippen molar-refractivity contribution in [2.24, 2.45) is 0 Å². The van der Waals surface area contributed by atoms with Crippen molar-refractivity contribution in [3.63, 3.8) is 0 Å². The molecule has 1 atom stereocenters. The first kappa shape index (κ1) is 14.0. The lowest BCUT2D eigenvalue weighted by molar-refractivity contribution is -0.101. The second kappa shape index (κ2) is 5.31. The number of rotatable bonds is 3. The zero-order valence-electron chi connectivity index (χ0n) is 11.7. The van der Waals surface area contributed by atoms with E-state index in [1.54, 1.807) is 0 Å². The predicted octanol–water partition coefficient (Wildman–Crippen LogP) is 1.78.